The summed E-state index contributed by atoms with van der Waals surface area (Å²) in [5.74, 6) is 1.05. The quantitative estimate of drug-likeness (QED) is 0.891. The molecule has 1 unspecified atom stereocenters. The standard InChI is InChI=1S/C12H16ClN3O/c1-3-16-6-5-15-11(16)8-10(14-2)9-4-7-17-12(9)13/h4-7,10,14H,3,8H2,1-2H3. The monoisotopic (exact) mass is 253 g/mol. The molecule has 1 atom stereocenters. The number of aryl methyl sites for hydroxylation is 1. The second kappa shape index (κ2) is 5.38. The van der Waals surface area contributed by atoms with Crippen molar-refractivity contribution < 1.29 is 4.42 Å². The number of halogens is 1. The van der Waals surface area contributed by atoms with E-state index in [4.69, 9.17) is 16.0 Å². The van der Waals surface area contributed by atoms with Crippen LogP contribution in [0.25, 0.3) is 0 Å². The van der Waals surface area contributed by atoms with Gasteiger partial charge < -0.3 is 14.3 Å². The van der Waals surface area contributed by atoms with Gasteiger partial charge in [0.2, 0.25) is 0 Å². The van der Waals surface area contributed by atoms with Gasteiger partial charge in [-0.25, -0.2) is 4.98 Å². The van der Waals surface area contributed by atoms with Crippen molar-refractivity contribution in [3.63, 3.8) is 0 Å². The van der Waals surface area contributed by atoms with E-state index in [1.165, 1.54) is 0 Å². The first-order chi connectivity index (χ1) is 8.26. The minimum atomic E-state index is 0.119. The van der Waals surface area contributed by atoms with Crippen LogP contribution >= 0.6 is 11.6 Å². The van der Waals surface area contributed by atoms with E-state index in [0.717, 1.165) is 24.4 Å². The van der Waals surface area contributed by atoms with Crippen LogP contribution in [0.5, 0.6) is 0 Å². The molecule has 0 saturated carbocycles. The lowest BCUT2D eigenvalue weighted by atomic mass is 10.1. The molecular formula is C12H16ClN3O. The van der Waals surface area contributed by atoms with E-state index in [1.54, 1.807) is 6.26 Å². The molecular weight excluding hydrogens is 238 g/mol. The molecule has 0 bridgehead atoms. The number of nitrogens with zero attached hydrogens (tertiary/aromatic N) is 2. The average molecular weight is 254 g/mol. The van der Waals surface area contributed by atoms with Gasteiger partial charge in [-0.3, -0.25) is 0 Å². The molecule has 2 aromatic heterocycles. The van der Waals surface area contributed by atoms with Crippen LogP contribution in [0.1, 0.15) is 24.4 Å². The number of imidazole rings is 1. The Kier molecular flexibility index (Phi) is 3.86. The molecule has 2 rings (SSSR count). The number of rotatable bonds is 5. The number of hydrogen-bond donors (Lipinski definition) is 1. The van der Waals surface area contributed by atoms with Gasteiger partial charge in [0, 0.05) is 37.0 Å². The van der Waals surface area contributed by atoms with E-state index >= 15 is 0 Å². The average Bonchev–Trinajstić information content (AvgIpc) is 2.94. The molecule has 92 valence electrons. The Morgan fingerprint density at radius 1 is 1.59 bits per heavy atom. The van der Waals surface area contributed by atoms with Crippen molar-refractivity contribution in [1.82, 2.24) is 14.9 Å². The van der Waals surface area contributed by atoms with E-state index in [2.05, 4.69) is 21.8 Å². The van der Waals surface area contributed by atoms with Gasteiger partial charge in [-0.15, -0.1) is 0 Å². The van der Waals surface area contributed by atoms with E-state index in [0.29, 0.717) is 5.22 Å². The van der Waals surface area contributed by atoms with Gasteiger partial charge in [-0.1, -0.05) is 0 Å². The lowest BCUT2D eigenvalue weighted by Crippen LogP contribution is -2.20. The Hall–Kier alpha value is -1.26. The third kappa shape index (κ3) is 2.53. The third-order valence-electron chi connectivity index (χ3n) is 2.90. The highest BCUT2D eigenvalue weighted by Gasteiger charge is 2.17. The summed E-state index contributed by atoms with van der Waals surface area (Å²) in [6.45, 7) is 3.02. The minimum Gasteiger partial charge on any atom is -0.453 e. The molecule has 1 N–H and O–H groups in total. The van der Waals surface area contributed by atoms with Gasteiger partial charge in [-0.2, -0.15) is 0 Å². The van der Waals surface area contributed by atoms with Gasteiger partial charge in [0.05, 0.1) is 6.26 Å². The molecule has 2 heterocycles. The van der Waals surface area contributed by atoms with Gasteiger partial charge in [-0.05, 0) is 31.6 Å². The number of aromatic nitrogens is 2. The van der Waals surface area contributed by atoms with Crippen LogP contribution in [0.15, 0.2) is 29.1 Å². The van der Waals surface area contributed by atoms with Crippen LogP contribution in [-0.2, 0) is 13.0 Å². The Labute approximate surface area is 106 Å². The molecule has 4 nitrogen and oxygen atoms in total. The molecule has 2 aromatic rings. The van der Waals surface area contributed by atoms with Crippen LogP contribution in [0.4, 0.5) is 0 Å². The van der Waals surface area contributed by atoms with Crippen molar-refractivity contribution in [2.24, 2.45) is 0 Å². The van der Waals surface area contributed by atoms with E-state index in [1.807, 2.05) is 25.5 Å². The van der Waals surface area contributed by atoms with Crippen LogP contribution < -0.4 is 5.32 Å². The van der Waals surface area contributed by atoms with Crippen molar-refractivity contribution in [3.8, 4) is 0 Å². The number of likely N-dealkylation sites (N-methyl/N-ethyl adjacent to an activating group) is 1. The maximum absolute atomic E-state index is 5.99. The van der Waals surface area contributed by atoms with Gasteiger partial charge in [0.15, 0.2) is 5.22 Å². The molecule has 0 fully saturated rings. The van der Waals surface area contributed by atoms with Gasteiger partial charge >= 0.3 is 0 Å². The summed E-state index contributed by atoms with van der Waals surface area (Å²) in [6, 6.07) is 2.01. The molecule has 0 aliphatic carbocycles. The topological polar surface area (TPSA) is 43.0 Å². The molecule has 5 heteroatoms. The lowest BCUT2D eigenvalue weighted by Gasteiger charge is -2.15. The first kappa shape index (κ1) is 12.2. The summed E-state index contributed by atoms with van der Waals surface area (Å²) >= 11 is 5.99. The number of furan rings is 1. The van der Waals surface area contributed by atoms with Crippen molar-refractivity contribution in [2.75, 3.05) is 7.05 Å². The first-order valence-electron chi connectivity index (χ1n) is 5.66. The van der Waals surface area contributed by atoms with Crippen LogP contribution in [-0.4, -0.2) is 16.6 Å². The molecule has 17 heavy (non-hydrogen) atoms. The number of nitrogens with one attached hydrogen (secondary N) is 1. The van der Waals surface area contributed by atoms with Crippen molar-refractivity contribution >= 4 is 11.6 Å². The van der Waals surface area contributed by atoms with E-state index in [9.17, 15) is 0 Å². The molecule has 0 saturated heterocycles. The van der Waals surface area contributed by atoms with E-state index < -0.39 is 0 Å². The molecule has 0 aromatic carbocycles. The van der Waals surface area contributed by atoms with Crippen LogP contribution in [0, 0.1) is 0 Å². The van der Waals surface area contributed by atoms with Crippen molar-refractivity contribution in [2.45, 2.75) is 25.9 Å². The maximum atomic E-state index is 5.99. The Balaban J connectivity index is 2.19. The smallest absolute Gasteiger partial charge is 0.197 e. The summed E-state index contributed by atoms with van der Waals surface area (Å²) in [4.78, 5) is 4.36. The minimum absolute atomic E-state index is 0.119. The predicted molar refractivity (Wildman–Crippen MR) is 67.1 cm³/mol. The largest absolute Gasteiger partial charge is 0.453 e. The Bertz CT molecular complexity index is 478. The molecule has 0 spiro atoms. The highest BCUT2D eigenvalue weighted by molar-refractivity contribution is 6.29. The van der Waals surface area contributed by atoms with E-state index in [-0.39, 0.29) is 6.04 Å². The van der Waals surface area contributed by atoms with Crippen LogP contribution in [0.3, 0.4) is 0 Å². The lowest BCUT2D eigenvalue weighted by molar-refractivity contribution is 0.529. The summed E-state index contributed by atoms with van der Waals surface area (Å²) < 4.78 is 7.24. The maximum Gasteiger partial charge on any atom is 0.197 e. The predicted octanol–water partition coefficient (Wildman–Crippen LogP) is 2.65. The zero-order chi connectivity index (χ0) is 12.3. The van der Waals surface area contributed by atoms with Crippen LogP contribution in [0.2, 0.25) is 5.22 Å². The molecule has 0 amide bonds. The summed E-state index contributed by atoms with van der Waals surface area (Å²) in [6.07, 6.45) is 6.20. The van der Waals surface area contributed by atoms with Crippen molar-refractivity contribution in [3.05, 3.63) is 41.3 Å². The summed E-state index contributed by atoms with van der Waals surface area (Å²) in [5, 5.41) is 3.68. The molecule has 0 aliphatic rings. The Morgan fingerprint density at radius 2 is 2.41 bits per heavy atom. The zero-order valence-electron chi connectivity index (χ0n) is 9.98. The number of hydrogen-bond acceptors (Lipinski definition) is 3. The fourth-order valence-electron chi connectivity index (χ4n) is 1.92. The highest BCUT2D eigenvalue weighted by Crippen LogP contribution is 2.26. The molecule has 0 radical (unpaired) electrons. The second-order valence-electron chi connectivity index (χ2n) is 3.82. The summed E-state index contributed by atoms with van der Waals surface area (Å²) in [7, 11) is 1.91. The van der Waals surface area contributed by atoms with Crippen molar-refractivity contribution in [1.29, 1.82) is 0 Å². The third-order valence-corrected chi connectivity index (χ3v) is 3.21. The normalized spacial score (nSPS) is 12.9. The highest BCUT2D eigenvalue weighted by atomic mass is 35.5. The summed E-state index contributed by atoms with van der Waals surface area (Å²) in [5.41, 5.74) is 0.972. The fourth-order valence-corrected chi connectivity index (χ4v) is 2.17. The zero-order valence-corrected chi connectivity index (χ0v) is 10.7. The van der Waals surface area contributed by atoms with Gasteiger partial charge in [0.1, 0.15) is 5.82 Å². The van der Waals surface area contributed by atoms with Gasteiger partial charge in [0.25, 0.3) is 0 Å². The first-order valence-corrected chi connectivity index (χ1v) is 6.04. The second-order valence-corrected chi connectivity index (χ2v) is 4.17. The molecule has 0 aliphatic heterocycles. The Morgan fingerprint density at radius 3 is 3.00 bits per heavy atom. The SMILES string of the molecule is CCn1ccnc1CC(NC)c1ccoc1Cl. The fraction of sp³-hybridized carbons (Fsp3) is 0.417.